The number of nitrogens with zero attached hydrogens (tertiary/aromatic N) is 5. The highest BCUT2D eigenvalue weighted by Gasteiger charge is 2.11. The van der Waals surface area contributed by atoms with Crippen molar-refractivity contribution in [2.45, 2.75) is 33.1 Å². The third-order valence-electron chi connectivity index (χ3n) is 4.59. The van der Waals surface area contributed by atoms with Gasteiger partial charge >= 0.3 is 0 Å². The van der Waals surface area contributed by atoms with Gasteiger partial charge in [-0.25, -0.2) is 4.98 Å². The standard InChI is InChI=1S/C24H30N6O2/c1-3-14-30(15-4-2)23-17-24(32-16-12-19-7-5-6-13-25-19)28-22(27-23)18-26-29-20-8-10-21(31)11-9-20/h5-11,13,17-18,29,31H,3-4,12,14-16H2,1-2H3/b26-18+. The van der Waals surface area contributed by atoms with Gasteiger partial charge in [-0.3, -0.25) is 10.4 Å². The number of hydrazone groups is 1. The first-order valence-electron chi connectivity index (χ1n) is 10.9. The summed E-state index contributed by atoms with van der Waals surface area (Å²) in [6.07, 6.45) is 6.08. The first-order chi connectivity index (χ1) is 15.7. The molecule has 2 heterocycles. The summed E-state index contributed by atoms with van der Waals surface area (Å²) in [5.74, 6) is 1.99. The molecule has 8 heteroatoms. The highest BCUT2D eigenvalue weighted by atomic mass is 16.5. The largest absolute Gasteiger partial charge is 0.508 e. The average molecular weight is 435 g/mol. The van der Waals surface area contributed by atoms with Gasteiger partial charge in [0.1, 0.15) is 11.6 Å². The van der Waals surface area contributed by atoms with Gasteiger partial charge in [0.05, 0.1) is 18.5 Å². The SMILES string of the molecule is CCCN(CCC)c1cc(OCCc2ccccn2)nc(/C=N/Nc2ccc(O)cc2)n1. The van der Waals surface area contributed by atoms with Crippen LogP contribution < -0.4 is 15.1 Å². The van der Waals surface area contributed by atoms with E-state index < -0.39 is 0 Å². The zero-order chi connectivity index (χ0) is 22.6. The molecule has 3 rings (SSSR count). The second kappa shape index (κ2) is 12.2. The average Bonchev–Trinajstić information content (AvgIpc) is 2.81. The predicted octanol–water partition coefficient (Wildman–Crippen LogP) is 4.27. The second-order valence-electron chi connectivity index (χ2n) is 7.25. The van der Waals surface area contributed by atoms with Crippen molar-refractivity contribution in [3.8, 4) is 11.6 Å². The minimum atomic E-state index is 0.204. The molecule has 0 unspecified atom stereocenters. The van der Waals surface area contributed by atoms with Crippen LogP contribution in [0, 0.1) is 0 Å². The minimum Gasteiger partial charge on any atom is -0.508 e. The molecule has 0 saturated heterocycles. The van der Waals surface area contributed by atoms with Crippen LogP contribution in [0.15, 0.2) is 59.8 Å². The lowest BCUT2D eigenvalue weighted by atomic mass is 10.3. The van der Waals surface area contributed by atoms with Crippen molar-refractivity contribution in [2.24, 2.45) is 5.10 Å². The van der Waals surface area contributed by atoms with E-state index in [0.717, 1.165) is 43.1 Å². The molecule has 0 bridgehead atoms. The van der Waals surface area contributed by atoms with Crippen molar-refractivity contribution in [1.29, 1.82) is 0 Å². The van der Waals surface area contributed by atoms with Crippen molar-refractivity contribution >= 4 is 17.7 Å². The molecule has 0 saturated carbocycles. The number of aromatic nitrogens is 3. The number of hydrogen-bond donors (Lipinski definition) is 2. The summed E-state index contributed by atoms with van der Waals surface area (Å²) in [4.78, 5) is 15.7. The fourth-order valence-electron chi connectivity index (χ4n) is 3.11. The van der Waals surface area contributed by atoms with Crippen LogP contribution in [-0.2, 0) is 6.42 Å². The maximum atomic E-state index is 9.40. The van der Waals surface area contributed by atoms with Gasteiger partial charge in [-0.2, -0.15) is 10.1 Å². The number of rotatable bonds is 12. The monoisotopic (exact) mass is 434 g/mol. The van der Waals surface area contributed by atoms with Gasteiger partial charge in [-0.05, 0) is 49.2 Å². The van der Waals surface area contributed by atoms with Crippen molar-refractivity contribution in [1.82, 2.24) is 15.0 Å². The summed E-state index contributed by atoms with van der Waals surface area (Å²) in [5, 5.41) is 13.6. The predicted molar refractivity (Wildman–Crippen MR) is 128 cm³/mol. The van der Waals surface area contributed by atoms with Gasteiger partial charge in [-0.1, -0.05) is 19.9 Å². The molecule has 2 aromatic heterocycles. The van der Waals surface area contributed by atoms with E-state index in [1.165, 1.54) is 0 Å². The van der Waals surface area contributed by atoms with Crippen LogP contribution in [-0.4, -0.2) is 46.0 Å². The molecule has 2 N–H and O–H groups in total. The molecule has 3 aromatic rings. The summed E-state index contributed by atoms with van der Waals surface area (Å²) in [5.41, 5.74) is 4.64. The first kappa shape index (κ1) is 23.0. The maximum absolute atomic E-state index is 9.40. The molecule has 0 aliphatic carbocycles. The van der Waals surface area contributed by atoms with Gasteiger partial charge in [0, 0.05) is 37.5 Å². The van der Waals surface area contributed by atoms with Crippen LogP contribution in [0.5, 0.6) is 11.6 Å². The molecule has 0 aliphatic heterocycles. The van der Waals surface area contributed by atoms with E-state index in [1.807, 2.05) is 24.3 Å². The molecule has 1 aromatic carbocycles. The van der Waals surface area contributed by atoms with E-state index in [0.29, 0.717) is 24.7 Å². The molecule has 32 heavy (non-hydrogen) atoms. The summed E-state index contributed by atoms with van der Waals surface area (Å²) in [6.45, 7) is 6.58. The number of benzene rings is 1. The Morgan fingerprint density at radius 1 is 1.06 bits per heavy atom. The number of pyridine rings is 1. The molecule has 0 amide bonds. The molecule has 0 aliphatic rings. The zero-order valence-corrected chi connectivity index (χ0v) is 18.6. The number of nitrogens with one attached hydrogen (secondary N) is 1. The molecule has 168 valence electrons. The minimum absolute atomic E-state index is 0.204. The van der Waals surface area contributed by atoms with Crippen molar-refractivity contribution in [2.75, 3.05) is 30.0 Å². The Labute approximate surface area is 189 Å². The summed E-state index contributed by atoms with van der Waals surface area (Å²) in [7, 11) is 0. The van der Waals surface area contributed by atoms with Crippen molar-refractivity contribution < 1.29 is 9.84 Å². The molecule has 8 nitrogen and oxygen atoms in total. The van der Waals surface area contributed by atoms with Gasteiger partial charge in [0.2, 0.25) is 5.88 Å². The van der Waals surface area contributed by atoms with E-state index in [4.69, 9.17) is 4.74 Å². The normalized spacial score (nSPS) is 10.9. The van der Waals surface area contributed by atoms with E-state index in [-0.39, 0.29) is 5.75 Å². The smallest absolute Gasteiger partial charge is 0.219 e. The lowest BCUT2D eigenvalue weighted by molar-refractivity contribution is 0.307. The Morgan fingerprint density at radius 2 is 1.84 bits per heavy atom. The number of phenolic OH excluding ortho intramolecular Hbond substituents is 1. The quantitative estimate of drug-likeness (QED) is 0.250. The van der Waals surface area contributed by atoms with Crippen LogP contribution >= 0.6 is 0 Å². The number of anilines is 2. The lowest BCUT2D eigenvalue weighted by Gasteiger charge is -2.23. The third-order valence-corrected chi connectivity index (χ3v) is 4.59. The first-order valence-corrected chi connectivity index (χ1v) is 10.9. The number of aromatic hydroxyl groups is 1. The summed E-state index contributed by atoms with van der Waals surface area (Å²) in [6, 6.07) is 14.4. The number of hydrogen-bond acceptors (Lipinski definition) is 8. The van der Waals surface area contributed by atoms with Crippen LogP contribution in [0.25, 0.3) is 0 Å². The Morgan fingerprint density at radius 3 is 2.53 bits per heavy atom. The highest BCUT2D eigenvalue weighted by Crippen LogP contribution is 2.19. The van der Waals surface area contributed by atoms with Crippen molar-refractivity contribution in [3.63, 3.8) is 0 Å². The second-order valence-corrected chi connectivity index (χ2v) is 7.25. The van der Waals surface area contributed by atoms with E-state index in [1.54, 1.807) is 36.7 Å². The fraction of sp³-hybridized carbons (Fsp3) is 0.333. The Bertz CT molecular complexity index is 974. The van der Waals surface area contributed by atoms with E-state index in [9.17, 15) is 5.11 Å². The van der Waals surface area contributed by atoms with Gasteiger partial charge in [0.15, 0.2) is 5.82 Å². The van der Waals surface area contributed by atoms with Crippen LogP contribution in [0.1, 0.15) is 38.2 Å². The van der Waals surface area contributed by atoms with Crippen LogP contribution in [0.2, 0.25) is 0 Å². The van der Waals surface area contributed by atoms with E-state index in [2.05, 4.69) is 44.2 Å². The Hall–Kier alpha value is -3.68. The summed E-state index contributed by atoms with van der Waals surface area (Å²) < 4.78 is 5.95. The molecular weight excluding hydrogens is 404 g/mol. The third kappa shape index (κ3) is 7.23. The maximum Gasteiger partial charge on any atom is 0.219 e. The lowest BCUT2D eigenvalue weighted by Crippen LogP contribution is -2.26. The van der Waals surface area contributed by atoms with E-state index >= 15 is 0 Å². The fourth-order valence-corrected chi connectivity index (χ4v) is 3.11. The van der Waals surface area contributed by atoms with Crippen LogP contribution in [0.3, 0.4) is 0 Å². The molecule has 0 fully saturated rings. The van der Waals surface area contributed by atoms with Crippen molar-refractivity contribution in [3.05, 3.63) is 66.2 Å². The Balaban J connectivity index is 1.75. The van der Waals surface area contributed by atoms with Crippen LogP contribution in [0.4, 0.5) is 11.5 Å². The Kier molecular flexibility index (Phi) is 8.80. The number of ether oxygens (including phenoxy) is 1. The highest BCUT2D eigenvalue weighted by molar-refractivity contribution is 5.76. The van der Waals surface area contributed by atoms with Gasteiger partial charge < -0.3 is 14.7 Å². The summed E-state index contributed by atoms with van der Waals surface area (Å²) >= 11 is 0. The zero-order valence-electron chi connectivity index (χ0n) is 18.6. The molecular formula is C24H30N6O2. The van der Waals surface area contributed by atoms with Gasteiger partial charge in [-0.15, -0.1) is 0 Å². The molecule has 0 spiro atoms. The number of phenols is 1. The molecule has 0 radical (unpaired) electrons. The van der Waals surface area contributed by atoms with Gasteiger partial charge in [0.25, 0.3) is 0 Å². The topological polar surface area (TPSA) is 95.8 Å². The molecule has 0 atom stereocenters.